The van der Waals surface area contributed by atoms with Crippen molar-refractivity contribution >= 4 is 17.7 Å². The van der Waals surface area contributed by atoms with Crippen LogP contribution in [0.25, 0.3) is 0 Å². The van der Waals surface area contributed by atoms with Gasteiger partial charge in [-0.05, 0) is 31.1 Å². The Labute approximate surface area is 137 Å². The van der Waals surface area contributed by atoms with Gasteiger partial charge in [-0.15, -0.1) is 0 Å². The molecular formula is C18H27NO4. The third-order valence-corrected chi connectivity index (χ3v) is 5.06. The van der Waals surface area contributed by atoms with Crippen LogP contribution in [0, 0.1) is 17.8 Å². The van der Waals surface area contributed by atoms with E-state index in [0.717, 1.165) is 12.8 Å². The minimum Gasteiger partial charge on any atom is -0.464 e. The van der Waals surface area contributed by atoms with Crippen LogP contribution in [-0.4, -0.2) is 30.3 Å². The zero-order chi connectivity index (χ0) is 16.8. The van der Waals surface area contributed by atoms with Gasteiger partial charge in [-0.2, -0.15) is 0 Å². The normalized spacial score (nSPS) is 32.6. The average Bonchev–Trinajstić information content (AvgIpc) is 2.87. The summed E-state index contributed by atoms with van der Waals surface area (Å²) in [6.45, 7) is 4.23. The van der Waals surface area contributed by atoms with Crippen LogP contribution < -0.4 is 5.32 Å². The van der Waals surface area contributed by atoms with Crippen molar-refractivity contribution in [2.45, 2.75) is 58.4 Å². The summed E-state index contributed by atoms with van der Waals surface area (Å²) in [6, 6.07) is -0.604. The lowest BCUT2D eigenvalue weighted by Gasteiger charge is -2.24. The van der Waals surface area contributed by atoms with Gasteiger partial charge in [0.05, 0.1) is 6.61 Å². The Hall–Kier alpha value is -1.65. The molecular weight excluding hydrogens is 294 g/mol. The van der Waals surface area contributed by atoms with Crippen molar-refractivity contribution in [1.82, 2.24) is 5.32 Å². The van der Waals surface area contributed by atoms with Gasteiger partial charge >= 0.3 is 5.97 Å². The molecule has 0 radical (unpaired) electrons. The second-order valence-corrected chi connectivity index (χ2v) is 6.67. The summed E-state index contributed by atoms with van der Waals surface area (Å²) in [7, 11) is 0. The lowest BCUT2D eigenvalue weighted by atomic mass is 9.89. The van der Waals surface area contributed by atoms with Crippen LogP contribution >= 0.6 is 0 Å². The fraction of sp³-hybridized carbons (Fsp3) is 0.722. The Kier molecular flexibility index (Phi) is 6.37. The fourth-order valence-corrected chi connectivity index (χ4v) is 3.36. The Morgan fingerprint density at radius 3 is 2.83 bits per heavy atom. The van der Waals surface area contributed by atoms with E-state index in [1.807, 2.05) is 26.0 Å². The van der Waals surface area contributed by atoms with Gasteiger partial charge < -0.3 is 10.1 Å². The van der Waals surface area contributed by atoms with Gasteiger partial charge in [0.15, 0.2) is 0 Å². The standard InChI is InChI=1S/C18H27NO4/c1-3-12(2)17-18(22)23-10-6-4-5-7-14-13(8-9-15(14)20)11-16(21)19-17/h4-5,12-14,17H,3,6-11H2,1-2H3,(H,19,21)/b5-4-/t12-,13-,14-,17-/m0/s1. The Bertz CT molecular complexity index is 485. The second kappa shape index (κ2) is 8.27. The molecule has 1 heterocycles. The predicted octanol–water partition coefficient (Wildman–Crippen LogP) is 2.40. The highest BCUT2D eigenvalue weighted by molar-refractivity contribution is 5.87. The molecule has 0 saturated heterocycles. The molecule has 1 aliphatic carbocycles. The maximum Gasteiger partial charge on any atom is 0.328 e. The number of carbonyl (C=O) groups is 3. The predicted molar refractivity (Wildman–Crippen MR) is 86.6 cm³/mol. The van der Waals surface area contributed by atoms with E-state index in [0.29, 0.717) is 32.3 Å². The summed E-state index contributed by atoms with van der Waals surface area (Å²) in [4.78, 5) is 36.6. The number of fused-ring (bicyclic) bond motifs is 1. The van der Waals surface area contributed by atoms with Gasteiger partial charge in [-0.25, -0.2) is 4.79 Å². The molecule has 1 aliphatic heterocycles. The molecule has 1 fully saturated rings. The van der Waals surface area contributed by atoms with Crippen LogP contribution in [0.4, 0.5) is 0 Å². The monoisotopic (exact) mass is 321 g/mol. The maximum absolute atomic E-state index is 12.4. The Balaban J connectivity index is 2.13. The SMILES string of the molecule is CC[C@H](C)[C@@H]1NC(=O)C[C@@H]2CCC(=O)[C@H]2C/C=C\CCOC1=O. The summed E-state index contributed by atoms with van der Waals surface area (Å²) in [6.07, 6.45) is 7.68. The average molecular weight is 321 g/mol. The molecule has 5 heteroatoms. The summed E-state index contributed by atoms with van der Waals surface area (Å²) >= 11 is 0. The van der Waals surface area contributed by atoms with E-state index in [2.05, 4.69) is 5.32 Å². The zero-order valence-electron chi connectivity index (χ0n) is 14.0. The number of ether oxygens (including phenoxy) is 1. The maximum atomic E-state index is 12.4. The number of allylic oxidation sites excluding steroid dienone is 1. The number of rotatable bonds is 2. The number of cyclic esters (lactones) is 1. The summed E-state index contributed by atoms with van der Waals surface area (Å²) < 4.78 is 5.28. The molecule has 1 saturated carbocycles. The summed E-state index contributed by atoms with van der Waals surface area (Å²) in [5, 5.41) is 2.84. The highest BCUT2D eigenvalue weighted by atomic mass is 16.5. The highest BCUT2D eigenvalue weighted by Crippen LogP contribution is 2.34. The van der Waals surface area contributed by atoms with Crippen molar-refractivity contribution in [1.29, 1.82) is 0 Å². The molecule has 1 amide bonds. The molecule has 0 aromatic carbocycles. The molecule has 2 rings (SSSR count). The molecule has 0 bridgehead atoms. The quantitative estimate of drug-likeness (QED) is 0.626. The largest absolute Gasteiger partial charge is 0.464 e. The van der Waals surface area contributed by atoms with E-state index in [4.69, 9.17) is 4.74 Å². The number of hydrogen-bond acceptors (Lipinski definition) is 4. The van der Waals surface area contributed by atoms with E-state index < -0.39 is 6.04 Å². The van der Waals surface area contributed by atoms with Crippen LogP contribution in [0.3, 0.4) is 0 Å². The fourth-order valence-electron chi connectivity index (χ4n) is 3.36. The number of hydrogen-bond donors (Lipinski definition) is 1. The molecule has 0 spiro atoms. The molecule has 5 nitrogen and oxygen atoms in total. The molecule has 0 unspecified atom stereocenters. The van der Waals surface area contributed by atoms with Crippen LogP contribution in [0.1, 0.15) is 52.4 Å². The van der Waals surface area contributed by atoms with Crippen molar-refractivity contribution in [3.05, 3.63) is 12.2 Å². The van der Waals surface area contributed by atoms with Crippen molar-refractivity contribution in [3.63, 3.8) is 0 Å². The lowest BCUT2D eigenvalue weighted by molar-refractivity contribution is -0.149. The molecule has 128 valence electrons. The topological polar surface area (TPSA) is 72.5 Å². The van der Waals surface area contributed by atoms with Gasteiger partial charge in [0.25, 0.3) is 0 Å². The Morgan fingerprint density at radius 1 is 1.30 bits per heavy atom. The van der Waals surface area contributed by atoms with E-state index in [-0.39, 0.29) is 35.4 Å². The van der Waals surface area contributed by atoms with Gasteiger partial charge in [-0.1, -0.05) is 32.4 Å². The second-order valence-electron chi connectivity index (χ2n) is 6.67. The van der Waals surface area contributed by atoms with Crippen molar-refractivity contribution in [2.75, 3.05) is 6.61 Å². The number of amides is 1. The Morgan fingerprint density at radius 2 is 2.09 bits per heavy atom. The zero-order valence-corrected chi connectivity index (χ0v) is 14.0. The first-order chi connectivity index (χ1) is 11.0. The minimum atomic E-state index is -0.604. The highest BCUT2D eigenvalue weighted by Gasteiger charge is 2.36. The van der Waals surface area contributed by atoms with Gasteiger partial charge in [0.2, 0.25) is 5.91 Å². The number of carbonyl (C=O) groups excluding carboxylic acids is 3. The molecule has 0 aromatic rings. The van der Waals surface area contributed by atoms with Crippen LogP contribution in [0.5, 0.6) is 0 Å². The summed E-state index contributed by atoms with van der Waals surface area (Å²) in [5.74, 6) is -0.209. The van der Waals surface area contributed by atoms with Crippen molar-refractivity contribution < 1.29 is 19.1 Å². The molecule has 0 aromatic heterocycles. The third-order valence-electron chi connectivity index (χ3n) is 5.06. The van der Waals surface area contributed by atoms with Crippen LogP contribution in [-0.2, 0) is 19.1 Å². The number of esters is 1. The van der Waals surface area contributed by atoms with Crippen LogP contribution in [0.15, 0.2) is 12.2 Å². The van der Waals surface area contributed by atoms with Crippen LogP contribution in [0.2, 0.25) is 0 Å². The van der Waals surface area contributed by atoms with Crippen molar-refractivity contribution in [2.24, 2.45) is 17.8 Å². The van der Waals surface area contributed by atoms with E-state index >= 15 is 0 Å². The third kappa shape index (κ3) is 4.66. The van der Waals surface area contributed by atoms with E-state index in [9.17, 15) is 14.4 Å². The molecule has 23 heavy (non-hydrogen) atoms. The first kappa shape index (κ1) is 17.7. The first-order valence-electron chi connectivity index (χ1n) is 8.66. The minimum absolute atomic E-state index is 0.0214. The molecule has 4 atom stereocenters. The smallest absolute Gasteiger partial charge is 0.328 e. The molecule has 1 N–H and O–H groups in total. The number of nitrogens with one attached hydrogen (secondary N) is 1. The number of Topliss-reactive ketones (excluding diaryl/α,β-unsaturated/α-hetero) is 1. The van der Waals surface area contributed by atoms with E-state index in [1.165, 1.54) is 0 Å². The number of ketones is 1. The van der Waals surface area contributed by atoms with Crippen molar-refractivity contribution in [3.8, 4) is 0 Å². The lowest BCUT2D eigenvalue weighted by Crippen LogP contribution is -2.46. The van der Waals surface area contributed by atoms with Gasteiger partial charge in [-0.3, -0.25) is 9.59 Å². The summed E-state index contributed by atoms with van der Waals surface area (Å²) in [5.41, 5.74) is 0. The van der Waals surface area contributed by atoms with E-state index in [1.54, 1.807) is 0 Å². The first-order valence-corrected chi connectivity index (χ1v) is 8.66. The van der Waals surface area contributed by atoms with Gasteiger partial charge in [0.1, 0.15) is 11.8 Å². The van der Waals surface area contributed by atoms with Gasteiger partial charge in [0, 0.05) is 18.8 Å². The molecule has 2 aliphatic rings.